The van der Waals surface area contributed by atoms with Crippen LogP contribution in [0.15, 0.2) is 0 Å². The van der Waals surface area contributed by atoms with Gasteiger partial charge in [0.25, 0.3) is 0 Å². The molecule has 0 aromatic rings. The van der Waals surface area contributed by atoms with Gasteiger partial charge in [0.15, 0.2) is 0 Å². The summed E-state index contributed by atoms with van der Waals surface area (Å²) in [7, 11) is 3.49. The molecule has 0 aliphatic carbocycles. The van der Waals surface area contributed by atoms with Crippen molar-refractivity contribution < 1.29 is 9.53 Å². The van der Waals surface area contributed by atoms with Gasteiger partial charge in [0.1, 0.15) is 0 Å². The Morgan fingerprint density at radius 1 is 1.69 bits per heavy atom. The maximum atomic E-state index is 11.5. The molecule has 1 aliphatic heterocycles. The van der Waals surface area contributed by atoms with Gasteiger partial charge in [0.2, 0.25) is 5.91 Å². The molecule has 13 heavy (non-hydrogen) atoms. The molecule has 1 fully saturated rings. The van der Waals surface area contributed by atoms with Crippen LogP contribution in [0.3, 0.4) is 0 Å². The molecule has 1 amide bonds. The highest BCUT2D eigenvalue weighted by atomic mass is 16.5. The zero-order valence-corrected chi connectivity index (χ0v) is 8.38. The van der Waals surface area contributed by atoms with Gasteiger partial charge in [-0.05, 0) is 13.0 Å². The van der Waals surface area contributed by atoms with Crippen LogP contribution in [-0.4, -0.2) is 50.7 Å². The molecule has 1 atom stereocenters. The maximum absolute atomic E-state index is 11.5. The highest BCUT2D eigenvalue weighted by Gasteiger charge is 2.22. The number of ether oxygens (including phenoxy) is 1. The second-order valence-corrected chi connectivity index (χ2v) is 3.39. The zero-order valence-electron chi connectivity index (χ0n) is 8.38. The van der Waals surface area contributed by atoms with Gasteiger partial charge in [-0.1, -0.05) is 0 Å². The number of rotatable bonds is 4. The van der Waals surface area contributed by atoms with Gasteiger partial charge in [0.05, 0.1) is 13.0 Å². The number of nitrogens with one attached hydrogen (secondary N) is 1. The Balaban J connectivity index is 2.28. The SMILES string of the molecule is COCCC(=O)N(C)[C@H]1CCNC1. The lowest BCUT2D eigenvalue weighted by atomic mass is 10.2. The Morgan fingerprint density at radius 2 is 2.46 bits per heavy atom. The van der Waals surface area contributed by atoms with E-state index in [0.29, 0.717) is 19.1 Å². The first kappa shape index (κ1) is 10.5. The molecule has 0 aromatic carbocycles. The minimum Gasteiger partial charge on any atom is -0.384 e. The van der Waals surface area contributed by atoms with Crippen LogP contribution in [0.5, 0.6) is 0 Å². The van der Waals surface area contributed by atoms with Crippen LogP contribution in [0.4, 0.5) is 0 Å². The van der Waals surface area contributed by atoms with Crippen LogP contribution < -0.4 is 5.32 Å². The zero-order chi connectivity index (χ0) is 9.68. The molecule has 0 radical (unpaired) electrons. The summed E-state index contributed by atoms with van der Waals surface area (Å²) >= 11 is 0. The van der Waals surface area contributed by atoms with E-state index in [0.717, 1.165) is 19.5 Å². The fourth-order valence-electron chi connectivity index (χ4n) is 1.54. The smallest absolute Gasteiger partial charge is 0.224 e. The van der Waals surface area contributed by atoms with Gasteiger partial charge < -0.3 is 15.0 Å². The minimum absolute atomic E-state index is 0.176. The molecule has 4 nitrogen and oxygen atoms in total. The van der Waals surface area contributed by atoms with Crippen molar-refractivity contribution >= 4 is 5.91 Å². The molecule has 4 heteroatoms. The number of hydrogen-bond donors (Lipinski definition) is 1. The molecule has 0 spiro atoms. The van der Waals surface area contributed by atoms with E-state index in [1.165, 1.54) is 0 Å². The number of carbonyl (C=O) groups is 1. The van der Waals surface area contributed by atoms with Gasteiger partial charge in [-0.2, -0.15) is 0 Å². The average molecular weight is 186 g/mol. The van der Waals surface area contributed by atoms with E-state index in [4.69, 9.17) is 4.74 Å². The van der Waals surface area contributed by atoms with Gasteiger partial charge in [0, 0.05) is 26.7 Å². The number of hydrogen-bond acceptors (Lipinski definition) is 3. The Bertz CT molecular complexity index is 167. The van der Waals surface area contributed by atoms with E-state index in [1.54, 1.807) is 7.11 Å². The van der Waals surface area contributed by atoms with Crippen LogP contribution in [0.1, 0.15) is 12.8 Å². The lowest BCUT2D eigenvalue weighted by Crippen LogP contribution is -2.38. The molecule has 1 rings (SSSR count). The number of methoxy groups -OCH3 is 1. The first-order valence-electron chi connectivity index (χ1n) is 4.71. The summed E-state index contributed by atoms with van der Waals surface area (Å²) in [5.41, 5.74) is 0. The first-order valence-corrected chi connectivity index (χ1v) is 4.71. The second-order valence-electron chi connectivity index (χ2n) is 3.39. The third-order valence-electron chi connectivity index (χ3n) is 2.50. The summed E-state index contributed by atoms with van der Waals surface area (Å²) in [5.74, 6) is 0.176. The molecule has 1 aliphatic rings. The molecule has 0 saturated carbocycles. The lowest BCUT2D eigenvalue weighted by Gasteiger charge is -2.23. The molecular weight excluding hydrogens is 168 g/mol. The van der Waals surface area contributed by atoms with Crippen molar-refractivity contribution in [1.82, 2.24) is 10.2 Å². The summed E-state index contributed by atoms with van der Waals surface area (Å²) in [6.45, 7) is 2.46. The quantitative estimate of drug-likeness (QED) is 0.663. The van der Waals surface area contributed by atoms with Crippen molar-refractivity contribution in [3.63, 3.8) is 0 Å². The molecule has 0 bridgehead atoms. The summed E-state index contributed by atoms with van der Waals surface area (Å²) in [5, 5.41) is 3.24. The van der Waals surface area contributed by atoms with Gasteiger partial charge in [-0.15, -0.1) is 0 Å². The lowest BCUT2D eigenvalue weighted by molar-refractivity contribution is -0.132. The first-order chi connectivity index (χ1) is 6.25. The van der Waals surface area contributed by atoms with E-state index in [2.05, 4.69) is 5.32 Å². The monoisotopic (exact) mass is 186 g/mol. The molecule has 0 unspecified atom stereocenters. The number of amides is 1. The van der Waals surface area contributed by atoms with E-state index >= 15 is 0 Å². The third-order valence-corrected chi connectivity index (χ3v) is 2.50. The van der Waals surface area contributed by atoms with E-state index in [9.17, 15) is 4.79 Å². The number of likely N-dealkylation sites (N-methyl/N-ethyl adjacent to an activating group) is 1. The normalized spacial score (nSPS) is 21.8. The molecule has 1 saturated heterocycles. The predicted octanol–water partition coefficient (Wildman–Crippen LogP) is -0.157. The van der Waals surface area contributed by atoms with Crippen molar-refractivity contribution in [3.05, 3.63) is 0 Å². The van der Waals surface area contributed by atoms with Gasteiger partial charge >= 0.3 is 0 Å². The Morgan fingerprint density at radius 3 is 3.00 bits per heavy atom. The number of carbonyl (C=O) groups excluding carboxylic acids is 1. The highest BCUT2D eigenvalue weighted by molar-refractivity contribution is 5.76. The second kappa shape index (κ2) is 5.19. The fraction of sp³-hybridized carbons (Fsp3) is 0.889. The van der Waals surface area contributed by atoms with E-state index in [1.807, 2.05) is 11.9 Å². The van der Waals surface area contributed by atoms with Crippen molar-refractivity contribution in [2.75, 3.05) is 33.9 Å². The van der Waals surface area contributed by atoms with Crippen LogP contribution in [0, 0.1) is 0 Å². The molecule has 76 valence electrons. The Labute approximate surface area is 79.2 Å². The topological polar surface area (TPSA) is 41.6 Å². The molecule has 0 aromatic heterocycles. The average Bonchev–Trinajstić information content (AvgIpc) is 2.65. The standard InChI is InChI=1S/C9H18N2O2/c1-11(8-3-5-10-7-8)9(12)4-6-13-2/h8,10H,3-7H2,1-2H3/t8-/m0/s1. The highest BCUT2D eigenvalue weighted by Crippen LogP contribution is 2.07. The van der Waals surface area contributed by atoms with E-state index in [-0.39, 0.29) is 5.91 Å². The number of nitrogens with zero attached hydrogens (tertiary/aromatic N) is 1. The molecule has 1 N–H and O–H groups in total. The Hall–Kier alpha value is -0.610. The van der Waals surface area contributed by atoms with Crippen molar-refractivity contribution in [2.45, 2.75) is 18.9 Å². The van der Waals surface area contributed by atoms with Crippen LogP contribution in [-0.2, 0) is 9.53 Å². The third kappa shape index (κ3) is 2.97. The molecule has 1 heterocycles. The van der Waals surface area contributed by atoms with Crippen LogP contribution >= 0.6 is 0 Å². The summed E-state index contributed by atoms with van der Waals surface area (Å²) in [6, 6.07) is 0.379. The summed E-state index contributed by atoms with van der Waals surface area (Å²) in [6.07, 6.45) is 1.55. The van der Waals surface area contributed by atoms with E-state index < -0.39 is 0 Å². The maximum Gasteiger partial charge on any atom is 0.224 e. The molecular formula is C9H18N2O2. The van der Waals surface area contributed by atoms with Crippen molar-refractivity contribution in [3.8, 4) is 0 Å². The van der Waals surface area contributed by atoms with Crippen molar-refractivity contribution in [2.24, 2.45) is 0 Å². The predicted molar refractivity (Wildman–Crippen MR) is 50.5 cm³/mol. The van der Waals surface area contributed by atoms with Gasteiger partial charge in [-0.3, -0.25) is 4.79 Å². The van der Waals surface area contributed by atoms with Crippen LogP contribution in [0.2, 0.25) is 0 Å². The summed E-state index contributed by atoms with van der Waals surface area (Å²) < 4.78 is 4.86. The largest absolute Gasteiger partial charge is 0.384 e. The van der Waals surface area contributed by atoms with Gasteiger partial charge in [-0.25, -0.2) is 0 Å². The fourth-order valence-corrected chi connectivity index (χ4v) is 1.54. The minimum atomic E-state index is 0.176. The van der Waals surface area contributed by atoms with Crippen molar-refractivity contribution in [1.29, 1.82) is 0 Å². The van der Waals surface area contributed by atoms with Crippen LogP contribution in [0.25, 0.3) is 0 Å². The summed E-state index contributed by atoms with van der Waals surface area (Å²) in [4.78, 5) is 13.3. The Kier molecular flexibility index (Phi) is 4.18.